The zero-order chi connectivity index (χ0) is 14.4. The second-order valence-corrected chi connectivity index (χ2v) is 4.12. The van der Waals surface area contributed by atoms with Crippen LogP contribution in [0.15, 0.2) is 48.8 Å². The number of anilines is 1. The van der Waals surface area contributed by atoms with Gasteiger partial charge in [0.05, 0.1) is 13.2 Å². The molecule has 0 saturated heterocycles. The van der Waals surface area contributed by atoms with Crippen molar-refractivity contribution in [3.8, 4) is 0 Å². The van der Waals surface area contributed by atoms with E-state index < -0.39 is 6.09 Å². The van der Waals surface area contributed by atoms with E-state index in [9.17, 15) is 9.18 Å². The van der Waals surface area contributed by atoms with E-state index in [0.29, 0.717) is 12.2 Å². The van der Waals surface area contributed by atoms with Gasteiger partial charge in [0.2, 0.25) is 0 Å². The molecule has 104 valence electrons. The number of carbonyl (C=O) groups excluding carboxylic acids is 1. The van der Waals surface area contributed by atoms with E-state index in [1.54, 1.807) is 37.5 Å². The van der Waals surface area contributed by atoms with Crippen LogP contribution in [0.3, 0.4) is 0 Å². The van der Waals surface area contributed by atoms with Gasteiger partial charge in [-0.3, -0.25) is 9.88 Å². The summed E-state index contributed by atoms with van der Waals surface area (Å²) in [7, 11) is 0. The zero-order valence-corrected chi connectivity index (χ0v) is 11.1. The third kappa shape index (κ3) is 3.54. The summed E-state index contributed by atoms with van der Waals surface area (Å²) in [4.78, 5) is 17.5. The molecule has 0 fully saturated rings. The highest BCUT2D eigenvalue weighted by Gasteiger charge is 2.17. The van der Waals surface area contributed by atoms with E-state index in [0.717, 1.165) is 5.56 Å². The van der Waals surface area contributed by atoms with Crippen LogP contribution >= 0.6 is 0 Å². The molecule has 0 bridgehead atoms. The average molecular weight is 274 g/mol. The van der Waals surface area contributed by atoms with Crippen LogP contribution in [-0.2, 0) is 11.3 Å². The maximum Gasteiger partial charge on any atom is 0.414 e. The molecule has 1 amide bonds. The summed E-state index contributed by atoms with van der Waals surface area (Å²) in [6.45, 7) is 2.34. The molecule has 0 aliphatic rings. The Morgan fingerprint density at radius 3 is 2.65 bits per heavy atom. The number of rotatable bonds is 4. The lowest BCUT2D eigenvalue weighted by Crippen LogP contribution is -2.31. The summed E-state index contributed by atoms with van der Waals surface area (Å²) < 4.78 is 18.0. The fourth-order valence-electron chi connectivity index (χ4n) is 1.76. The Kier molecular flexibility index (Phi) is 4.65. The van der Waals surface area contributed by atoms with E-state index in [2.05, 4.69) is 4.98 Å². The number of hydrogen-bond donors (Lipinski definition) is 0. The quantitative estimate of drug-likeness (QED) is 0.858. The van der Waals surface area contributed by atoms with Gasteiger partial charge in [0, 0.05) is 18.1 Å². The molecule has 2 aromatic rings. The zero-order valence-electron chi connectivity index (χ0n) is 11.1. The van der Waals surface area contributed by atoms with Gasteiger partial charge in [-0.05, 0) is 42.8 Å². The first kappa shape index (κ1) is 14.0. The summed E-state index contributed by atoms with van der Waals surface area (Å²) in [6.07, 6.45) is 2.87. The maximum absolute atomic E-state index is 13.0. The minimum Gasteiger partial charge on any atom is -0.449 e. The second kappa shape index (κ2) is 6.65. The van der Waals surface area contributed by atoms with Crippen LogP contribution in [0.2, 0.25) is 0 Å². The Labute approximate surface area is 116 Å². The molecule has 0 aliphatic heterocycles. The number of pyridine rings is 1. The molecule has 0 unspecified atom stereocenters. The molecular formula is C15H15FN2O2. The van der Waals surface area contributed by atoms with Gasteiger partial charge in [-0.2, -0.15) is 0 Å². The lowest BCUT2D eigenvalue weighted by atomic mass is 10.2. The minimum atomic E-state index is -0.469. The van der Waals surface area contributed by atoms with E-state index in [4.69, 9.17) is 4.74 Å². The summed E-state index contributed by atoms with van der Waals surface area (Å²) >= 11 is 0. The Balaban J connectivity index is 2.25. The van der Waals surface area contributed by atoms with Crippen molar-refractivity contribution >= 4 is 11.8 Å². The Morgan fingerprint density at radius 1 is 1.30 bits per heavy atom. The number of aromatic nitrogens is 1. The number of amides is 1. The van der Waals surface area contributed by atoms with Gasteiger partial charge in [0.1, 0.15) is 5.82 Å². The topological polar surface area (TPSA) is 42.4 Å². The fraction of sp³-hybridized carbons (Fsp3) is 0.200. The van der Waals surface area contributed by atoms with Crippen molar-refractivity contribution in [2.75, 3.05) is 11.5 Å². The molecule has 4 nitrogen and oxygen atoms in total. The van der Waals surface area contributed by atoms with Crippen molar-refractivity contribution in [2.45, 2.75) is 13.5 Å². The maximum atomic E-state index is 13.0. The standard InChI is InChI=1S/C15H15FN2O2/c1-2-20-15(19)18(11-12-4-3-9-17-10-12)14-7-5-13(16)6-8-14/h3-10H,2,11H2,1H3. The molecule has 2 rings (SSSR count). The van der Waals surface area contributed by atoms with Gasteiger partial charge in [-0.15, -0.1) is 0 Å². The highest BCUT2D eigenvalue weighted by Crippen LogP contribution is 2.18. The molecule has 1 aromatic carbocycles. The molecule has 0 spiro atoms. The predicted octanol–water partition coefficient (Wildman–Crippen LogP) is 3.38. The summed E-state index contributed by atoms with van der Waals surface area (Å²) in [5.74, 6) is -0.348. The number of halogens is 1. The Morgan fingerprint density at radius 2 is 2.05 bits per heavy atom. The van der Waals surface area contributed by atoms with Crippen LogP contribution in [0.5, 0.6) is 0 Å². The van der Waals surface area contributed by atoms with Crippen molar-refractivity contribution in [2.24, 2.45) is 0 Å². The fourth-order valence-corrected chi connectivity index (χ4v) is 1.76. The van der Waals surface area contributed by atoms with E-state index in [1.807, 2.05) is 6.07 Å². The van der Waals surface area contributed by atoms with Gasteiger partial charge in [0.15, 0.2) is 0 Å². The van der Waals surface area contributed by atoms with Crippen LogP contribution in [0.1, 0.15) is 12.5 Å². The number of nitrogens with zero attached hydrogens (tertiary/aromatic N) is 2. The molecule has 5 heteroatoms. The second-order valence-electron chi connectivity index (χ2n) is 4.12. The van der Waals surface area contributed by atoms with E-state index in [1.165, 1.54) is 17.0 Å². The monoisotopic (exact) mass is 274 g/mol. The molecule has 20 heavy (non-hydrogen) atoms. The number of hydrogen-bond acceptors (Lipinski definition) is 3. The largest absolute Gasteiger partial charge is 0.449 e. The average Bonchev–Trinajstić information content (AvgIpc) is 2.47. The van der Waals surface area contributed by atoms with Gasteiger partial charge in [0.25, 0.3) is 0 Å². The molecule has 1 aromatic heterocycles. The number of carbonyl (C=O) groups is 1. The molecule has 0 radical (unpaired) electrons. The molecule has 0 atom stereocenters. The van der Waals surface area contributed by atoms with Crippen LogP contribution in [0.25, 0.3) is 0 Å². The SMILES string of the molecule is CCOC(=O)N(Cc1cccnc1)c1ccc(F)cc1. The van der Waals surface area contributed by atoms with Gasteiger partial charge < -0.3 is 4.74 Å². The first-order chi connectivity index (χ1) is 9.70. The van der Waals surface area contributed by atoms with E-state index in [-0.39, 0.29) is 12.4 Å². The smallest absolute Gasteiger partial charge is 0.414 e. The highest BCUT2D eigenvalue weighted by atomic mass is 19.1. The third-order valence-electron chi connectivity index (χ3n) is 2.69. The van der Waals surface area contributed by atoms with Crippen molar-refractivity contribution in [1.82, 2.24) is 4.98 Å². The van der Waals surface area contributed by atoms with E-state index >= 15 is 0 Å². The Bertz CT molecular complexity index is 558. The molecule has 0 N–H and O–H groups in total. The van der Waals surface area contributed by atoms with Crippen molar-refractivity contribution < 1.29 is 13.9 Å². The van der Waals surface area contributed by atoms with Gasteiger partial charge >= 0.3 is 6.09 Å². The van der Waals surface area contributed by atoms with Gasteiger partial charge in [-0.25, -0.2) is 9.18 Å². The Hall–Kier alpha value is -2.43. The lowest BCUT2D eigenvalue weighted by molar-refractivity contribution is 0.159. The molecular weight excluding hydrogens is 259 g/mol. The molecule has 0 saturated carbocycles. The highest BCUT2D eigenvalue weighted by molar-refractivity contribution is 5.87. The molecule has 0 aliphatic carbocycles. The van der Waals surface area contributed by atoms with Crippen molar-refractivity contribution in [3.05, 3.63) is 60.2 Å². The first-order valence-electron chi connectivity index (χ1n) is 6.29. The lowest BCUT2D eigenvalue weighted by Gasteiger charge is -2.21. The predicted molar refractivity (Wildman–Crippen MR) is 73.8 cm³/mol. The van der Waals surface area contributed by atoms with Crippen molar-refractivity contribution in [3.63, 3.8) is 0 Å². The minimum absolute atomic E-state index is 0.281. The summed E-state index contributed by atoms with van der Waals surface area (Å²) in [5.41, 5.74) is 1.44. The van der Waals surface area contributed by atoms with Crippen LogP contribution in [0, 0.1) is 5.82 Å². The molecule has 1 heterocycles. The number of ether oxygens (including phenoxy) is 1. The number of benzene rings is 1. The van der Waals surface area contributed by atoms with Crippen LogP contribution < -0.4 is 4.90 Å². The third-order valence-corrected chi connectivity index (χ3v) is 2.69. The summed E-state index contributed by atoms with van der Waals surface area (Å²) in [6, 6.07) is 9.37. The summed E-state index contributed by atoms with van der Waals surface area (Å²) in [5, 5.41) is 0. The van der Waals surface area contributed by atoms with Gasteiger partial charge in [-0.1, -0.05) is 6.07 Å². The normalized spacial score (nSPS) is 10.1. The van der Waals surface area contributed by atoms with Crippen LogP contribution in [0.4, 0.5) is 14.9 Å². The first-order valence-corrected chi connectivity index (χ1v) is 6.29. The van der Waals surface area contributed by atoms with Crippen molar-refractivity contribution in [1.29, 1.82) is 0 Å². The van der Waals surface area contributed by atoms with Crippen LogP contribution in [-0.4, -0.2) is 17.7 Å².